The fourth-order valence-corrected chi connectivity index (χ4v) is 5.72. The number of ether oxygens (including phenoxy) is 2. The molecule has 0 unspecified atom stereocenters. The van der Waals surface area contributed by atoms with Crippen LogP contribution in [0.1, 0.15) is 36.4 Å². The van der Waals surface area contributed by atoms with E-state index in [2.05, 4.69) is 42.1 Å². The van der Waals surface area contributed by atoms with Crippen molar-refractivity contribution < 1.29 is 9.47 Å². The number of benzene rings is 1. The van der Waals surface area contributed by atoms with Crippen molar-refractivity contribution in [2.45, 2.75) is 31.3 Å². The van der Waals surface area contributed by atoms with Crippen molar-refractivity contribution in [2.24, 2.45) is 7.05 Å². The first-order valence-corrected chi connectivity index (χ1v) is 13.4. The van der Waals surface area contributed by atoms with Crippen LogP contribution in [0.5, 0.6) is 5.75 Å². The van der Waals surface area contributed by atoms with Crippen LogP contribution >= 0.6 is 15.9 Å². The van der Waals surface area contributed by atoms with Crippen molar-refractivity contribution in [3.05, 3.63) is 68.9 Å². The minimum atomic E-state index is -0.311. The van der Waals surface area contributed by atoms with Gasteiger partial charge in [-0.1, -0.05) is 0 Å². The standard InChI is InChI=1S/C27H26BrN7O3/c1-33-24-12-25(38-19-6-10-37-16-19)22(28)11-20(24)26(21(13-29)27(33)36)34-8-4-17(5-9-34)23-15-31-35(32-23)18-3-2-7-30-14-18/h2-3,7,11-12,14-15,17,19H,4-6,8-10,16H2,1H3/t19-/m1/s1. The molecule has 0 aliphatic carbocycles. The highest BCUT2D eigenvalue weighted by Crippen LogP contribution is 2.39. The average molecular weight is 576 g/mol. The molecule has 0 N–H and O–H groups in total. The number of halogens is 1. The van der Waals surface area contributed by atoms with Gasteiger partial charge in [0.05, 0.1) is 47.0 Å². The average Bonchev–Trinajstić information content (AvgIpc) is 3.65. The summed E-state index contributed by atoms with van der Waals surface area (Å²) in [5, 5.41) is 20.0. The quantitative estimate of drug-likeness (QED) is 0.354. The number of nitrogens with zero attached hydrogens (tertiary/aromatic N) is 7. The Labute approximate surface area is 227 Å². The molecule has 0 bridgehead atoms. The number of nitriles is 1. The highest BCUT2D eigenvalue weighted by Gasteiger charge is 2.28. The summed E-state index contributed by atoms with van der Waals surface area (Å²) in [5.41, 5.74) is 3.00. The zero-order chi connectivity index (χ0) is 26.2. The second kappa shape index (κ2) is 10.2. The van der Waals surface area contributed by atoms with Crippen molar-refractivity contribution >= 4 is 32.5 Å². The van der Waals surface area contributed by atoms with E-state index in [1.165, 1.54) is 4.57 Å². The fraction of sp³-hybridized carbons (Fsp3) is 0.370. The predicted molar refractivity (Wildman–Crippen MR) is 145 cm³/mol. The monoisotopic (exact) mass is 575 g/mol. The Hall–Kier alpha value is -3.75. The van der Waals surface area contributed by atoms with Gasteiger partial charge in [0.2, 0.25) is 0 Å². The second-order valence-corrected chi connectivity index (χ2v) is 10.5. The molecular formula is C27H26BrN7O3. The molecule has 0 amide bonds. The largest absolute Gasteiger partial charge is 0.487 e. The smallest absolute Gasteiger partial charge is 0.270 e. The topological polar surface area (TPSA) is 111 Å². The van der Waals surface area contributed by atoms with E-state index >= 15 is 0 Å². The van der Waals surface area contributed by atoms with Crippen molar-refractivity contribution in [1.82, 2.24) is 24.5 Å². The van der Waals surface area contributed by atoms with Gasteiger partial charge in [-0.3, -0.25) is 9.78 Å². The van der Waals surface area contributed by atoms with Crippen LogP contribution in [0.25, 0.3) is 16.6 Å². The van der Waals surface area contributed by atoms with Gasteiger partial charge < -0.3 is 18.9 Å². The lowest BCUT2D eigenvalue weighted by atomic mass is 9.93. The number of fused-ring (bicyclic) bond motifs is 1. The van der Waals surface area contributed by atoms with Gasteiger partial charge in [0.1, 0.15) is 29.2 Å². The van der Waals surface area contributed by atoms with E-state index in [1.807, 2.05) is 30.5 Å². The molecule has 4 aromatic rings. The van der Waals surface area contributed by atoms with Crippen molar-refractivity contribution in [1.29, 1.82) is 5.26 Å². The summed E-state index contributed by atoms with van der Waals surface area (Å²) < 4.78 is 13.9. The van der Waals surface area contributed by atoms with Crippen LogP contribution in [-0.4, -0.2) is 57.0 Å². The summed E-state index contributed by atoms with van der Waals surface area (Å²) in [6, 6.07) is 9.80. The van der Waals surface area contributed by atoms with E-state index in [4.69, 9.17) is 9.47 Å². The maximum absolute atomic E-state index is 13.3. The first kappa shape index (κ1) is 24.6. The molecular weight excluding hydrogens is 550 g/mol. The third-order valence-electron chi connectivity index (χ3n) is 7.33. The first-order chi connectivity index (χ1) is 18.5. The molecule has 3 aromatic heterocycles. The number of hydrogen-bond donors (Lipinski definition) is 0. The van der Waals surface area contributed by atoms with Crippen molar-refractivity contribution in [3.63, 3.8) is 0 Å². The number of piperidine rings is 1. The summed E-state index contributed by atoms with van der Waals surface area (Å²) in [6.45, 7) is 2.61. The Bertz CT molecular complexity index is 1580. The van der Waals surface area contributed by atoms with Gasteiger partial charge in [-0.2, -0.15) is 15.5 Å². The first-order valence-electron chi connectivity index (χ1n) is 12.6. The lowest BCUT2D eigenvalue weighted by Gasteiger charge is -2.34. The number of anilines is 1. The molecule has 194 valence electrons. The molecule has 10 nitrogen and oxygen atoms in total. The number of hydrogen-bond acceptors (Lipinski definition) is 8. The summed E-state index contributed by atoms with van der Waals surface area (Å²) in [6.07, 6.45) is 7.73. The minimum Gasteiger partial charge on any atom is -0.487 e. The van der Waals surface area contributed by atoms with Crippen LogP contribution < -0.4 is 15.2 Å². The number of aromatic nitrogens is 5. The molecule has 6 rings (SSSR count). The van der Waals surface area contributed by atoms with Gasteiger partial charge in [-0.25, -0.2) is 0 Å². The molecule has 5 heterocycles. The molecule has 0 radical (unpaired) electrons. The van der Waals surface area contributed by atoms with Gasteiger partial charge in [0.25, 0.3) is 5.56 Å². The highest BCUT2D eigenvalue weighted by molar-refractivity contribution is 9.10. The van der Waals surface area contributed by atoms with Gasteiger partial charge in [-0.05, 0) is 47.0 Å². The Kier molecular flexibility index (Phi) is 6.59. The van der Waals surface area contributed by atoms with Gasteiger partial charge in [-0.15, -0.1) is 4.80 Å². The molecule has 1 atom stereocenters. The van der Waals surface area contributed by atoms with Crippen molar-refractivity contribution in [2.75, 3.05) is 31.2 Å². The van der Waals surface area contributed by atoms with E-state index in [9.17, 15) is 10.1 Å². The normalized spacial score (nSPS) is 18.1. The SMILES string of the molecule is Cn1c(=O)c(C#N)c(N2CCC(c3cnn(-c4cccnc4)n3)CC2)c2cc(Br)c(O[C@@H]3CCOC3)cc21. The van der Waals surface area contributed by atoms with E-state index in [1.54, 1.807) is 24.2 Å². The van der Waals surface area contributed by atoms with Crippen LogP contribution in [0.3, 0.4) is 0 Å². The molecule has 2 aliphatic heterocycles. The lowest BCUT2D eigenvalue weighted by Crippen LogP contribution is -2.36. The third-order valence-corrected chi connectivity index (χ3v) is 7.95. The second-order valence-electron chi connectivity index (χ2n) is 9.63. The Morgan fingerprint density at radius 2 is 2.05 bits per heavy atom. The van der Waals surface area contributed by atoms with E-state index in [0.717, 1.165) is 46.0 Å². The molecule has 0 saturated carbocycles. The summed E-state index contributed by atoms with van der Waals surface area (Å²) in [5.74, 6) is 0.898. The fourth-order valence-electron chi connectivity index (χ4n) is 5.29. The highest BCUT2D eigenvalue weighted by atomic mass is 79.9. The zero-order valence-electron chi connectivity index (χ0n) is 20.9. The maximum Gasteiger partial charge on any atom is 0.270 e. The van der Waals surface area contributed by atoms with Crippen LogP contribution in [0.4, 0.5) is 5.69 Å². The number of aryl methyl sites for hydroxylation is 1. The van der Waals surface area contributed by atoms with Crippen molar-refractivity contribution in [3.8, 4) is 17.5 Å². The number of rotatable bonds is 5. The molecule has 0 spiro atoms. The van der Waals surface area contributed by atoms with Crippen LogP contribution in [0, 0.1) is 11.3 Å². The Balaban J connectivity index is 1.30. The third kappa shape index (κ3) is 4.44. The molecule has 2 saturated heterocycles. The molecule has 2 fully saturated rings. The predicted octanol–water partition coefficient (Wildman–Crippen LogP) is 3.70. The molecule has 1 aromatic carbocycles. The Morgan fingerprint density at radius 1 is 1.21 bits per heavy atom. The van der Waals surface area contributed by atoms with Crippen LogP contribution in [-0.2, 0) is 11.8 Å². The molecule has 38 heavy (non-hydrogen) atoms. The van der Waals surface area contributed by atoms with E-state index in [-0.39, 0.29) is 23.1 Å². The molecule has 2 aliphatic rings. The lowest BCUT2D eigenvalue weighted by molar-refractivity contribution is 0.141. The molecule has 11 heteroatoms. The van der Waals surface area contributed by atoms with Gasteiger partial charge >= 0.3 is 0 Å². The Morgan fingerprint density at radius 3 is 2.76 bits per heavy atom. The van der Waals surface area contributed by atoms with Crippen LogP contribution in [0.2, 0.25) is 0 Å². The van der Waals surface area contributed by atoms with E-state index in [0.29, 0.717) is 37.7 Å². The van der Waals surface area contributed by atoms with E-state index < -0.39 is 0 Å². The summed E-state index contributed by atoms with van der Waals surface area (Å²) in [7, 11) is 1.70. The van der Waals surface area contributed by atoms with Gasteiger partial charge in [0, 0.05) is 50.1 Å². The summed E-state index contributed by atoms with van der Waals surface area (Å²) in [4.78, 5) is 21.2. The van der Waals surface area contributed by atoms with Gasteiger partial charge in [0.15, 0.2) is 0 Å². The number of pyridine rings is 2. The minimum absolute atomic E-state index is 0.0197. The summed E-state index contributed by atoms with van der Waals surface area (Å²) >= 11 is 3.66. The maximum atomic E-state index is 13.3. The van der Waals surface area contributed by atoms with Crippen LogP contribution in [0.15, 0.2) is 52.1 Å². The zero-order valence-corrected chi connectivity index (χ0v) is 22.5.